The van der Waals surface area contributed by atoms with Gasteiger partial charge in [-0.3, -0.25) is 0 Å². The third-order valence-corrected chi connectivity index (χ3v) is 11.9. The third kappa shape index (κ3) is 2.85. The normalized spacial score (nSPS) is 52.8. The first-order valence-electron chi connectivity index (χ1n) is 12.0. The van der Waals surface area contributed by atoms with E-state index in [0.717, 1.165) is 44.1 Å². The van der Waals surface area contributed by atoms with Gasteiger partial charge >= 0.3 is 6.18 Å². The van der Waals surface area contributed by atoms with Crippen LogP contribution in [-0.4, -0.2) is 16.9 Å². The van der Waals surface area contributed by atoms with Crippen molar-refractivity contribution in [2.45, 2.75) is 97.3 Å². The van der Waals surface area contributed by atoms with Gasteiger partial charge in [0.1, 0.15) is 0 Å². The first-order valence-corrected chi connectivity index (χ1v) is 12.0. The van der Waals surface area contributed by atoms with Gasteiger partial charge in [0.05, 0.1) is 0 Å². The number of hydrogen-bond acceptors (Lipinski definition) is 1. The molecular weight excluding hydrogens is 500 g/mol. The Bertz CT molecular complexity index is 809. The largest absolute Gasteiger partial charge is 0.417 e. The summed E-state index contributed by atoms with van der Waals surface area (Å²) in [6.45, 7) is 21.8. The van der Waals surface area contributed by atoms with Gasteiger partial charge in [-0.05, 0) is 96.7 Å². The van der Waals surface area contributed by atoms with E-state index in [9.17, 15) is 18.3 Å². The molecule has 0 unspecified atom stereocenters. The van der Waals surface area contributed by atoms with E-state index < -0.39 is 17.2 Å². The molecule has 4 fully saturated rings. The van der Waals surface area contributed by atoms with Crippen LogP contribution in [0.2, 0.25) is 0 Å². The molecule has 32 heavy (non-hydrogen) atoms. The van der Waals surface area contributed by atoms with Crippen molar-refractivity contribution in [1.82, 2.24) is 0 Å². The van der Waals surface area contributed by atoms with Gasteiger partial charge in [0, 0.05) is 19.5 Å². The number of allylic oxidation sites excluding steroid dienone is 2. The number of halogens is 3. The molecule has 0 bridgehead atoms. The SMILES string of the molecule is C=C[C@@]12CC[C@H](C(=C)[CH2-])[C@@]1(C)CC[C@@]1(C)[C@H]2CC[C@]2(C)C[C@@](O)(C(F)(F)F)CC[C@@]21C.[Rh]. The molecule has 4 aliphatic rings. The summed E-state index contributed by atoms with van der Waals surface area (Å²) >= 11 is 0. The van der Waals surface area contributed by atoms with Crippen LogP contribution in [0.15, 0.2) is 24.8 Å². The van der Waals surface area contributed by atoms with Gasteiger partial charge < -0.3 is 5.11 Å². The van der Waals surface area contributed by atoms with E-state index in [4.69, 9.17) is 0 Å². The predicted octanol–water partition coefficient (Wildman–Crippen LogP) is 7.66. The fraction of sp³-hybridized carbons (Fsp3) is 0.815. The van der Waals surface area contributed by atoms with Gasteiger partial charge in [-0.2, -0.15) is 13.2 Å². The van der Waals surface area contributed by atoms with Crippen LogP contribution in [-0.2, 0) is 19.5 Å². The second-order valence-electron chi connectivity index (χ2n) is 12.5. The molecule has 0 saturated heterocycles. The van der Waals surface area contributed by atoms with Crippen LogP contribution >= 0.6 is 0 Å². The molecular formula is C27H40F3ORh-. The Labute approximate surface area is 205 Å². The van der Waals surface area contributed by atoms with Gasteiger partial charge in [0.15, 0.2) is 5.60 Å². The van der Waals surface area contributed by atoms with Crippen molar-refractivity contribution >= 4 is 0 Å². The summed E-state index contributed by atoms with van der Waals surface area (Å²) in [5, 5.41) is 10.6. The first kappa shape index (κ1) is 26.3. The van der Waals surface area contributed by atoms with Crippen LogP contribution in [0.4, 0.5) is 13.2 Å². The van der Waals surface area contributed by atoms with Crippen LogP contribution < -0.4 is 0 Å². The number of alkyl halides is 3. The minimum atomic E-state index is -4.57. The molecule has 0 amide bonds. The van der Waals surface area contributed by atoms with E-state index in [-0.39, 0.29) is 54.0 Å². The Morgan fingerprint density at radius 2 is 1.56 bits per heavy atom. The predicted molar refractivity (Wildman–Crippen MR) is 119 cm³/mol. The molecule has 1 nitrogen and oxygen atoms in total. The number of fused-ring (bicyclic) bond motifs is 5. The van der Waals surface area contributed by atoms with Crippen LogP contribution in [0.1, 0.15) is 85.5 Å². The molecule has 0 aliphatic heterocycles. The maximum absolute atomic E-state index is 13.8. The molecule has 4 rings (SSSR count). The molecule has 0 spiro atoms. The number of rotatable bonds is 2. The summed E-state index contributed by atoms with van der Waals surface area (Å²) in [7, 11) is 0. The van der Waals surface area contributed by atoms with E-state index >= 15 is 0 Å². The molecule has 0 heterocycles. The quantitative estimate of drug-likeness (QED) is 0.217. The molecule has 4 aliphatic carbocycles. The molecule has 0 aromatic rings. The van der Waals surface area contributed by atoms with E-state index in [1.807, 2.05) is 6.92 Å². The summed E-state index contributed by atoms with van der Waals surface area (Å²) in [6.07, 6.45) is 3.46. The standard InChI is InChI=1S/C27H40F3O.Rh/c1-8-25-12-9-19(18(2)3)22(25,5)13-14-23(6)20(25)10-11-21(4)17-26(31,27(28,29)30)16-15-24(21,23)7;/h8,19-20,31H,1-3,9-17H2,4-7H3;/q-1;/t19-,20-,21-,22-,23+,24+,25+,26-;/m1./s1. The zero-order valence-electron chi connectivity index (χ0n) is 20.1. The van der Waals surface area contributed by atoms with Crippen molar-refractivity contribution < 1.29 is 37.8 Å². The van der Waals surface area contributed by atoms with Crippen LogP contribution in [0, 0.1) is 45.8 Å². The minimum Gasteiger partial charge on any atom is -0.380 e. The monoisotopic (exact) mass is 540 g/mol. The Morgan fingerprint density at radius 1 is 0.969 bits per heavy atom. The molecule has 185 valence electrons. The summed E-state index contributed by atoms with van der Waals surface area (Å²) < 4.78 is 41.4. The smallest absolute Gasteiger partial charge is 0.380 e. The van der Waals surface area contributed by atoms with Crippen molar-refractivity contribution in [1.29, 1.82) is 0 Å². The summed E-state index contributed by atoms with van der Waals surface area (Å²) in [6, 6.07) is 0. The third-order valence-electron chi connectivity index (χ3n) is 11.9. The molecule has 1 radical (unpaired) electrons. The van der Waals surface area contributed by atoms with E-state index in [2.05, 4.69) is 46.9 Å². The zero-order chi connectivity index (χ0) is 23.3. The Morgan fingerprint density at radius 3 is 2.09 bits per heavy atom. The van der Waals surface area contributed by atoms with Crippen molar-refractivity contribution in [2.75, 3.05) is 0 Å². The maximum Gasteiger partial charge on any atom is 0.417 e. The Hall–Kier alpha value is -0.277. The van der Waals surface area contributed by atoms with E-state index in [0.29, 0.717) is 18.3 Å². The Kier molecular flexibility index (Phi) is 6.06. The van der Waals surface area contributed by atoms with Gasteiger partial charge in [-0.25, -0.2) is 19.1 Å². The number of hydrogen-bond donors (Lipinski definition) is 1. The van der Waals surface area contributed by atoms with Crippen LogP contribution in [0.5, 0.6) is 0 Å². The van der Waals surface area contributed by atoms with Gasteiger partial charge in [0.25, 0.3) is 0 Å². The Balaban J connectivity index is 0.00000289. The maximum atomic E-state index is 13.8. The molecule has 0 aromatic carbocycles. The summed E-state index contributed by atoms with van der Waals surface area (Å²) in [5.74, 6) is 0.758. The zero-order valence-corrected chi connectivity index (χ0v) is 21.8. The van der Waals surface area contributed by atoms with Crippen molar-refractivity contribution in [2.24, 2.45) is 38.9 Å². The fourth-order valence-electron chi connectivity index (χ4n) is 9.65. The van der Waals surface area contributed by atoms with Crippen LogP contribution in [0.3, 0.4) is 0 Å². The first-order chi connectivity index (χ1) is 14.1. The van der Waals surface area contributed by atoms with Crippen LogP contribution in [0.25, 0.3) is 0 Å². The molecule has 4 saturated carbocycles. The van der Waals surface area contributed by atoms with Gasteiger partial charge in [-0.15, -0.1) is 6.58 Å². The van der Waals surface area contributed by atoms with Crippen molar-refractivity contribution in [3.63, 3.8) is 0 Å². The second kappa shape index (κ2) is 7.36. The second-order valence-corrected chi connectivity index (χ2v) is 12.5. The molecule has 0 aromatic heterocycles. The topological polar surface area (TPSA) is 20.2 Å². The van der Waals surface area contributed by atoms with Crippen molar-refractivity contribution in [3.05, 3.63) is 31.7 Å². The summed E-state index contributed by atoms with van der Waals surface area (Å²) in [5.41, 5.74) is -2.40. The average molecular weight is 541 g/mol. The molecule has 8 atom stereocenters. The molecule has 1 N–H and O–H groups in total. The van der Waals surface area contributed by atoms with E-state index in [1.165, 1.54) is 0 Å². The average Bonchev–Trinajstić information content (AvgIpc) is 2.96. The van der Waals surface area contributed by atoms with Gasteiger partial charge in [0.2, 0.25) is 0 Å². The summed E-state index contributed by atoms with van der Waals surface area (Å²) in [4.78, 5) is 0. The number of aliphatic hydroxyl groups is 1. The molecule has 5 heteroatoms. The van der Waals surface area contributed by atoms with Gasteiger partial charge in [-0.1, -0.05) is 33.8 Å². The fourth-order valence-corrected chi connectivity index (χ4v) is 9.65. The van der Waals surface area contributed by atoms with Crippen molar-refractivity contribution in [3.8, 4) is 0 Å². The minimum absolute atomic E-state index is 0. The van der Waals surface area contributed by atoms with E-state index in [1.54, 1.807) is 0 Å².